The fraction of sp³-hybridized carbons (Fsp3) is 0.909. The first-order chi connectivity index (χ1) is 7.08. The second-order valence-corrected chi connectivity index (χ2v) is 4.55. The number of ether oxygens (including phenoxy) is 1. The van der Waals surface area contributed by atoms with Crippen molar-refractivity contribution in [2.75, 3.05) is 13.7 Å². The molecule has 15 heavy (non-hydrogen) atoms. The molecule has 88 valence electrons. The summed E-state index contributed by atoms with van der Waals surface area (Å²) in [6.45, 7) is 1.90. The van der Waals surface area contributed by atoms with Crippen molar-refractivity contribution in [2.45, 2.75) is 50.6 Å². The van der Waals surface area contributed by atoms with Crippen molar-refractivity contribution in [1.82, 2.24) is 5.32 Å². The third-order valence-corrected chi connectivity index (χ3v) is 3.03. The summed E-state index contributed by atoms with van der Waals surface area (Å²) in [5.41, 5.74) is -0.948. The van der Waals surface area contributed by atoms with E-state index in [1.165, 1.54) is 26.4 Å². The first-order valence-corrected chi connectivity index (χ1v) is 5.58. The fourth-order valence-electron chi connectivity index (χ4n) is 2.15. The van der Waals surface area contributed by atoms with Gasteiger partial charge in [0.25, 0.3) is 0 Å². The zero-order valence-electron chi connectivity index (χ0n) is 9.58. The van der Waals surface area contributed by atoms with Gasteiger partial charge in [-0.1, -0.05) is 19.3 Å². The number of methoxy groups -OCH3 is 1. The van der Waals surface area contributed by atoms with Crippen LogP contribution in [0.25, 0.3) is 0 Å². The molecule has 1 rings (SSSR count). The maximum atomic E-state index is 11.1. The van der Waals surface area contributed by atoms with E-state index in [2.05, 4.69) is 5.32 Å². The van der Waals surface area contributed by atoms with Crippen molar-refractivity contribution in [1.29, 1.82) is 0 Å². The lowest BCUT2D eigenvalue weighted by molar-refractivity contribution is -0.147. The molecule has 1 atom stereocenters. The second-order valence-electron chi connectivity index (χ2n) is 4.55. The van der Waals surface area contributed by atoms with Crippen molar-refractivity contribution in [3.8, 4) is 0 Å². The molecule has 0 aromatic carbocycles. The summed E-state index contributed by atoms with van der Waals surface area (Å²) in [4.78, 5) is 11.1. The van der Waals surface area contributed by atoms with Crippen LogP contribution in [-0.2, 0) is 9.53 Å². The molecule has 1 aliphatic carbocycles. The SMILES string of the molecule is COCC(C)(NC1CCCCC1)C(=O)O. The summed E-state index contributed by atoms with van der Waals surface area (Å²) in [7, 11) is 1.53. The zero-order valence-corrected chi connectivity index (χ0v) is 9.58. The Labute approximate surface area is 91.0 Å². The minimum atomic E-state index is -0.948. The van der Waals surface area contributed by atoms with E-state index < -0.39 is 11.5 Å². The maximum Gasteiger partial charge on any atom is 0.326 e. The molecular weight excluding hydrogens is 194 g/mol. The minimum Gasteiger partial charge on any atom is -0.480 e. The van der Waals surface area contributed by atoms with Crippen LogP contribution < -0.4 is 5.32 Å². The van der Waals surface area contributed by atoms with Crippen LogP contribution in [0, 0.1) is 0 Å². The number of hydrogen-bond donors (Lipinski definition) is 2. The molecule has 0 bridgehead atoms. The molecule has 4 nitrogen and oxygen atoms in total. The van der Waals surface area contributed by atoms with E-state index in [4.69, 9.17) is 9.84 Å². The van der Waals surface area contributed by atoms with Crippen molar-refractivity contribution in [3.63, 3.8) is 0 Å². The predicted molar refractivity (Wildman–Crippen MR) is 57.9 cm³/mol. The van der Waals surface area contributed by atoms with Gasteiger partial charge in [0.2, 0.25) is 0 Å². The van der Waals surface area contributed by atoms with Crippen LogP contribution in [0.1, 0.15) is 39.0 Å². The largest absolute Gasteiger partial charge is 0.480 e. The van der Waals surface area contributed by atoms with Gasteiger partial charge in [-0.25, -0.2) is 0 Å². The molecule has 1 aliphatic rings. The highest BCUT2D eigenvalue weighted by Gasteiger charge is 2.35. The lowest BCUT2D eigenvalue weighted by Crippen LogP contribution is -2.57. The Bertz CT molecular complexity index is 214. The highest BCUT2D eigenvalue weighted by molar-refractivity contribution is 5.78. The van der Waals surface area contributed by atoms with Gasteiger partial charge in [0.15, 0.2) is 0 Å². The van der Waals surface area contributed by atoms with Crippen LogP contribution in [-0.4, -0.2) is 36.4 Å². The van der Waals surface area contributed by atoms with Crippen LogP contribution >= 0.6 is 0 Å². The third-order valence-electron chi connectivity index (χ3n) is 3.03. The number of carboxylic acid groups (broad SMARTS) is 1. The van der Waals surface area contributed by atoms with Gasteiger partial charge in [0, 0.05) is 13.2 Å². The molecule has 0 aromatic rings. The van der Waals surface area contributed by atoms with Crippen LogP contribution in [0.3, 0.4) is 0 Å². The van der Waals surface area contributed by atoms with Gasteiger partial charge in [0.1, 0.15) is 5.54 Å². The summed E-state index contributed by atoms with van der Waals surface area (Å²) >= 11 is 0. The molecule has 0 heterocycles. The van der Waals surface area contributed by atoms with Gasteiger partial charge in [-0.05, 0) is 19.8 Å². The number of aliphatic carboxylic acids is 1. The normalized spacial score (nSPS) is 22.3. The molecule has 0 radical (unpaired) electrons. The van der Waals surface area contributed by atoms with Gasteiger partial charge in [-0.15, -0.1) is 0 Å². The van der Waals surface area contributed by atoms with E-state index in [-0.39, 0.29) is 6.61 Å². The monoisotopic (exact) mass is 215 g/mol. The molecule has 1 saturated carbocycles. The van der Waals surface area contributed by atoms with Crippen LogP contribution in [0.5, 0.6) is 0 Å². The number of nitrogens with one attached hydrogen (secondary N) is 1. The van der Waals surface area contributed by atoms with Gasteiger partial charge >= 0.3 is 5.97 Å². The van der Waals surface area contributed by atoms with E-state index in [9.17, 15) is 4.79 Å². The number of carboxylic acids is 1. The molecule has 4 heteroatoms. The molecule has 1 unspecified atom stereocenters. The maximum absolute atomic E-state index is 11.1. The first kappa shape index (κ1) is 12.5. The summed E-state index contributed by atoms with van der Waals surface area (Å²) in [5, 5.41) is 12.4. The highest BCUT2D eigenvalue weighted by atomic mass is 16.5. The second kappa shape index (κ2) is 5.47. The highest BCUT2D eigenvalue weighted by Crippen LogP contribution is 2.20. The number of hydrogen-bond acceptors (Lipinski definition) is 3. The quantitative estimate of drug-likeness (QED) is 0.727. The minimum absolute atomic E-state index is 0.207. The summed E-state index contributed by atoms with van der Waals surface area (Å²) in [5.74, 6) is -0.838. The molecule has 0 aliphatic heterocycles. The lowest BCUT2D eigenvalue weighted by Gasteiger charge is -2.33. The average Bonchev–Trinajstić information content (AvgIpc) is 2.19. The Balaban J connectivity index is 2.52. The van der Waals surface area contributed by atoms with E-state index >= 15 is 0 Å². The predicted octanol–water partition coefficient (Wildman–Crippen LogP) is 1.40. The van der Waals surface area contributed by atoms with Gasteiger partial charge in [-0.2, -0.15) is 0 Å². The summed E-state index contributed by atoms with van der Waals surface area (Å²) in [6, 6.07) is 0.329. The van der Waals surface area contributed by atoms with Crippen LogP contribution in [0.2, 0.25) is 0 Å². The Morgan fingerprint density at radius 2 is 2.07 bits per heavy atom. The Morgan fingerprint density at radius 3 is 2.53 bits per heavy atom. The number of rotatable bonds is 5. The van der Waals surface area contributed by atoms with E-state index in [0.29, 0.717) is 6.04 Å². The van der Waals surface area contributed by atoms with E-state index in [0.717, 1.165) is 12.8 Å². The molecule has 0 spiro atoms. The molecule has 2 N–H and O–H groups in total. The van der Waals surface area contributed by atoms with Crippen molar-refractivity contribution in [2.24, 2.45) is 0 Å². The summed E-state index contributed by atoms with van der Waals surface area (Å²) in [6.07, 6.45) is 5.81. The molecule has 0 aromatic heterocycles. The zero-order chi connectivity index (χ0) is 11.3. The van der Waals surface area contributed by atoms with Crippen molar-refractivity contribution >= 4 is 5.97 Å². The van der Waals surface area contributed by atoms with Gasteiger partial charge in [0.05, 0.1) is 6.61 Å². The lowest BCUT2D eigenvalue weighted by atomic mass is 9.92. The standard InChI is InChI=1S/C11H21NO3/c1-11(8-15-2,10(13)14)12-9-6-4-3-5-7-9/h9,12H,3-8H2,1-2H3,(H,13,14). The Morgan fingerprint density at radius 1 is 1.47 bits per heavy atom. The van der Waals surface area contributed by atoms with Gasteiger partial charge < -0.3 is 9.84 Å². The van der Waals surface area contributed by atoms with Crippen molar-refractivity contribution < 1.29 is 14.6 Å². The third kappa shape index (κ3) is 3.47. The van der Waals surface area contributed by atoms with Crippen LogP contribution in [0.15, 0.2) is 0 Å². The fourth-order valence-corrected chi connectivity index (χ4v) is 2.15. The van der Waals surface area contributed by atoms with Crippen LogP contribution in [0.4, 0.5) is 0 Å². The molecule has 0 saturated heterocycles. The average molecular weight is 215 g/mol. The van der Waals surface area contributed by atoms with Gasteiger partial charge in [-0.3, -0.25) is 10.1 Å². The molecule has 0 amide bonds. The van der Waals surface area contributed by atoms with Crippen molar-refractivity contribution in [3.05, 3.63) is 0 Å². The molecular formula is C11H21NO3. The number of carbonyl (C=O) groups is 1. The molecule has 1 fully saturated rings. The topological polar surface area (TPSA) is 58.6 Å². The first-order valence-electron chi connectivity index (χ1n) is 5.58. The Kier molecular flexibility index (Phi) is 4.54. The smallest absolute Gasteiger partial charge is 0.326 e. The van der Waals surface area contributed by atoms with E-state index in [1.807, 2.05) is 0 Å². The summed E-state index contributed by atoms with van der Waals surface area (Å²) < 4.78 is 4.97. The van der Waals surface area contributed by atoms with E-state index in [1.54, 1.807) is 6.92 Å². The Hall–Kier alpha value is -0.610.